The van der Waals surface area contributed by atoms with Gasteiger partial charge < -0.3 is 15.3 Å². The third kappa shape index (κ3) is 4.34. The number of aliphatic hydroxyl groups is 1. The van der Waals surface area contributed by atoms with Crippen LogP contribution in [0, 0.1) is 5.92 Å². The van der Waals surface area contributed by atoms with E-state index in [1.165, 1.54) is 0 Å². The number of phenols is 2. The van der Waals surface area contributed by atoms with E-state index in [0.29, 0.717) is 0 Å². The van der Waals surface area contributed by atoms with Gasteiger partial charge in [0.2, 0.25) is 0 Å². The van der Waals surface area contributed by atoms with Crippen LogP contribution >= 0.6 is 0 Å². The van der Waals surface area contributed by atoms with Gasteiger partial charge in [0.15, 0.2) is 11.6 Å². The number of hydrogen-bond acceptors (Lipinski definition) is 6. The largest absolute Gasteiger partial charge is 0.507 e. The summed E-state index contributed by atoms with van der Waals surface area (Å²) < 4.78 is 0. The lowest BCUT2D eigenvalue weighted by Gasteiger charge is -2.20. The van der Waals surface area contributed by atoms with Crippen LogP contribution in [0.5, 0.6) is 11.5 Å². The van der Waals surface area contributed by atoms with Crippen molar-refractivity contribution in [2.24, 2.45) is 5.92 Å². The maximum absolute atomic E-state index is 12.6. The summed E-state index contributed by atoms with van der Waals surface area (Å²) in [6.45, 7) is 5.57. The molecule has 3 N–H and O–H groups in total. The molecule has 0 heterocycles. The predicted molar refractivity (Wildman–Crippen MR) is 100.0 cm³/mol. The number of aromatic hydroxyl groups is 2. The molecule has 1 unspecified atom stereocenters. The lowest BCUT2D eigenvalue weighted by atomic mass is 9.85. The average molecular weight is 372 g/mol. The van der Waals surface area contributed by atoms with Gasteiger partial charge in [-0.1, -0.05) is 25.5 Å². The Hall–Kier alpha value is -2.73. The van der Waals surface area contributed by atoms with Crippen molar-refractivity contribution in [3.63, 3.8) is 0 Å². The van der Waals surface area contributed by atoms with Crippen molar-refractivity contribution in [2.45, 2.75) is 46.1 Å². The summed E-state index contributed by atoms with van der Waals surface area (Å²) >= 11 is 0. The fraction of sp³-hybridized carbons (Fsp3) is 0.381. The standard InChI is InChI=1S/C21H24O6/c1-4-12(3)17(25)9-11(2)5-6-14(22)13-10-18(26)19-15(23)7-8-16(24)20(19)21(13)27/h5,7-8,10,12,14,22-24H,4,6,9H2,1-3H3/b11-5+/t12?,14-/m1/s1. The van der Waals surface area contributed by atoms with Crippen LogP contribution in [-0.2, 0) is 4.79 Å². The Morgan fingerprint density at radius 2 is 1.74 bits per heavy atom. The number of Topliss-reactive ketones (excluding diaryl/α,β-unsaturated/α-hetero) is 2. The maximum Gasteiger partial charge on any atom is 0.196 e. The van der Waals surface area contributed by atoms with E-state index in [-0.39, 0.29) is 41.2 Å². The van der Waals surface area contributed by atoms with Crippen LogP contribution in [0.25, 0.3) is 0 Å². The van der Waals surface area contributed by atoms with Gasteiger partial charge in [-0.25, -0.2) is 0 Å². The number of benzene rings is 1. The number of phenolic OH excluding ortho intramolecular Hbond substituents is 2. The number of hydrogen-bond donors (Lipinski definition) is 3. The highest BCUT2D eigenvalue weighted by Crippen LogP contribution is 2.35. The molecule has 6 nitrogen and oxygen atoms in total. The smallest absolute Gasteiger partial charge is 0.196 e. The maximum atomic E-state index is 12.6. The zero-order chi connectivity index (χ0) is 20.3. The highest BCUT2D eigenvalue weighted by molar-refractivity contribution is 6.26. The third-order valence-electron chi connectivity index (χ3n) is 4.85. The van der Waals surface area contributed by atoms with Crippen LogP contribution < -0.4 is 0 Å². The Labute approximate surface area is 157 Å². The third-order valence-corrected chi connectivity index (χ3v) is 4.85. The minimum absolute atomic E-state index is 0.0364. The first-order valence-electron chi connectivity index (χ1n) is 8.89. The van der Waals surface area contributed by atoms with E-state index in [0.717, 1.165) is 30.2 Å². The monoisotopic (exact) mass is 372 g/mol. The highest BCUT2D eigenvalue weighted by atomic mass is 16.3. The molecule has 0 aromatic heterocycles. The molecule has 0 aliphatic heterocycles. The van der Waals surface area contributed by atoms with Crippen LogP contribution in [0.1, 0.15) is 60.7 Å². The zero-order valence-corrected chi connectivity index (χ0v) is 15.7. The topological polar surface area (TPSA) is 112 Å². The van der Waals surface area contributed by atoms with E-state index in [9.17, 15) is 29.7 Å². The molecule has 0 bridgehead atoms. The summed E-state index contributed by atoms with van der Waals surface area (Å²) in [6.07, 6.45) is 2.48. The van der Waals surface area contributed by atoms with E-state index >= 15 is 0 Å². The van der Waals surface area contributed by atoms with Gasteiger partial charge in [-0.05, 0) is 38.0 Å². The molecule has 1 aromatic carbocycles. The molecule has 0 radical (unpaired) electrons. The second-order valence-electron chi connectivity index (χ2n) is 6.90. The summed E-state index contributed by atoms with van der Waals surface area (Å²) in [5, 5.41) is 30.1. The van der Waals surface area contributed by atoms with Crippen LogP contribution in [0.3, 0.4) is 0 Å². The number of carbonyl (C=O) groups excluding carboxylic acids is 3. The molecule has 1 aliphatic rings. The summed E-state index contributed by atoms with van der Waals surface area (Å²) in [5.74, 6) is -2.11. The Balaban J connectivity index is 2.18. The predicted octanol–water partition coefficient (Wildman–Crippen LogP) is 3.11. The Morgan fingerprint density at radius 1 is 1.15 bits per heavy atom. The summed E-state index contributed by atoms with van der Waals surface area (Å²) in [7, 11) is 0. The Kier molecular flexibility index (Phi) is 6.33. The van der Waals surface area contributed by atoms with Crippen molar-refractivity contribution in [2.75, 3.05) is 0 Å². The molecule has 0 saturated carbocycles. The van der Waals surface area contributed by atoms with Crippen molar-refractivity contribution >= 4 is 17.3 Å². The molecule has 0 spiro atoms. The van der Waals surface area contributed by atoms with Gasteiger partial charge in [0.25, 0.3) is 0 Å². The lowest BCUT2D eigenvalue weighted by Crippen LogP contribution is -2.25. The normalized spacial score (nSPS) is 16.6. The molecule has 1 aromatic rings. The van der Waals surface area contributed by atoms with Crippen LogP contribution in [0.15, 0.2) is 35.4 Å². The Morgan fingerprint density at radius 3 is 2.33 bits per heavy atom. The summed E-state index contributed by atoms with van der Waals surface area (Å²) in [4.78, 5) is 36.8. The van der Waals surface area contributed by atoms with E-state index in [1.54, 1.807) is 13.0 Å². The second-order valence-corrected chi connectivity index (χ2v) is 6.90. The molecule has 6 heteroatoms. The first-order chi connectivity index (χ1) is 12.7. The number of carbonyl (C=O) groups is 3. The molecule has 2 atom stereocenters. The molecule has 1 aliphatic carbocycles. The molecule has 144 valence electrons. The van der Waals surface area contributed by atoms with Gasteiger partial charge in [-0.3, -0.25) is 14.4 Å². The highest BCUT2D eigenvalue weighted by Gasteiger charge is 2.33. The zero-order valence-electron chi connectivity index (χ0n) is 15.7. The van der Waals surface area contributed by atoms with Gasteiger partial charge in [0.1, 0.15) is 17.3 Å². The fourth-order valence-electron chi connectivity index (χ4n) is 2.92. The van der Waals surface area contributed by atoms with Gasteiger partial charge in [-0.2, -0.15) is 0 Å². The number of allylic oxidation sites excluding steroid dienone is 2. The van der Waals surface area contributed by atoms with Gasteiger partial charge >= 0.3 is 0 Å². The Bertz CT molecular complexity index is 846. The van der Waals surface area contributed by atoms with E-state index in [1.807, 2.05) is 13.8 Å². The van der Waals surface area contributed by atoms with E-state index in [2.05, 4.69) is 0 Å². The van der Waals surface area contributed by atoms with Gasteiger partial charge in [0, 0.05) is 17.9 Å². The first-order valence-corrected chi connectivity index (χ1v) is 8.89. The number of aliphatic hydroxyl groups excluding tert-OH is 1. The average Bonchev–Trinajstić information content (AvgIpc) is 2.63. The van der Waals surface area contributed by atoms with Crippen LogP contribution in [0.4, 0.5) is 0 Å². The van der Waals surface area contributed by atoms with Crippen molar-refractivity contribution in [1.82, 2.24) is 0 Å². The molecule has 0 amide bonds. The molecular formula is C21H24O6. The van der Waals surface area contributed by atoms with Crippen LogP contribution in [-0.4, -0.2) is 38.8 Å². The van der Waals surface area contributed by atoms with Crippen LogP contribution in [0.2, 0.25) is 0 Å². The number of ketones is 3. The summed E-state index contributed by atoms with van der Waals surface area (Å²) in [5.41, 5.74) is 0.0622. The van der Waals surface area contributed by atoms with E-state index < -0.39 is 29.2 Å². The van der Waals surface area contributed by atoms with Crippen molar-refractivity contribution in [3.05, 3.63) is 46.6 Å². The van der Waals surface area contributed by atoms with Crippen molar-refractivity contribution in [1.29, 1.82) is 0 Å². The molecule has 2 rings (SSSR count). The summed E-state index contributed by atoms with van der Waals surface area (Å²) in [6, 6.07) is 2.26. The molecular weight excluding hydrogens is 348 g/mol. The lowest BCUT2D eigenvalue weighted by molar-refractivity contribution is -0.121. The van der Waals surface area contributed by atoms with Gasteiger partial charge in [0.05, 0.1) is 17.2 Å². The first kappa shape index (κ1) is 20.6. The van der Waals surface area contributed by atoms with Gasteiger partial charge in [-0.15, -0.1) is 0 Å². The van der Waals surface area contributed by atoms with Crippen molar-refractivity contribution in [3.8, 4) is 11.5 Å². The molecule has 0 saturated heterocycles. The van der Waals surface area contributed by atoms with E-state index in [4.69, 9.17) is 0 Å². The van der Waals surface area contributed by atoms with Crippen molar-refractivity contribution < 1.29 is 29.7 Å². The SMILES string of the molecule is CCC(C)C(=O)C/C(C)=C/C[C@@H](O)C1=CC(=O)c2c(O)ccc(O)c2C1=O. The fourth-order valence-corrected chi connectivity index (χ4v) is 2.92. The number of fused-ring (bicyclic) bond motifs is 1. The quantitative estimate of drug-likeness (QED) is 0.501. The number of rotatable bonds is 7. The minimum atomic E-state index is -1.26. The molecule has 27 heavy (non-hydrogen) atoms. The minimum Gasteiger partial charge on any atom is -0.507 e. The second kappa shape index (κ2) is 8.31. The molecule has 0 fully saturated rings.